The maximum absolute atomic E-state index is 12.8. The lowest BCUT2D eigenvalue weighted by atomic mass is 9.96. The largest absolute Gasteiger partial charge is 0.469 e. The van der Waals surface area contributed by atoms with Crippen LogP contribution < -0.4 is 0 Å². The van der Waals surface area contributed by atoms with Crippen LogP contribution in [0.15, 0.2) is 30.5 Å². The number of amides is 1. The van der Waals surface area contributed by atoms with Crippen molar-refractivity contribution in [3.05, 3.63) is 46.7 Å². The van der Waals surface area contributed by atoms with Crippen LogP contribution >= 0.6 is 11.6 Å². The molecule has 0 saturated carbocycles. The molecule has 2 aromatic rings. The molecule has 1 aromatic heterocycles. The average Bonchev–Trinajstić information content (AvgIpc) is 3.02. The highest BCUT2D eigenvalue weighted by molar-refractivity contribution is 6.30. The van der Waals surface area contributed by atoms with Gasteiger partial charge in [0.15, 0.2) is 0 Å². The average molecular weight is 362 g/mol. The van der Waals surface area contributed by atoms with Gasteiger partial charge in [0.1, 0.15) is 0 Å². The van der Waals surface area contributed by atoms with Gasteiger partial charge in [0.25, 0.3) is 5.91 Å². The molecule has 0 bridgehead atoms. The number of nitrogens with zero attached hydrogens (tertiary/aromatic N) is 3. The van der Waals surface area contributed by atoms with Crippen molar-refractivity contribution < 1.29 is 14.3 Å². The molecule has 0 N–H and O–H groups in total. The molecule has 7 heteroatoms. The summed E-state index contributed by atoms with van der Waals surface area (Å²) >= 11 is 6.04. The lowest BCUT2D eigenvalue weighted by Crippen LogP contribution is -2.40. The van der Waals surface area contributed by atoms with Gasteiger partial charge in [0, 0.05) is 18.1 Å². The molecule has 6 nitrogen and oxygen atoms in total. The van der Waals surface area contributed by atoms with Crippen molar-refractivity contribution in [1.82, 2.24) is 14.7 Å². The van der Waals surface area contributed by atoms with E-state index in [1.165, 1.54) is 7.11 Å². The van der Waals surface area contributed by atoms with Gasteiger partial charge >= 0.3 is 5.97 Å². The number of esters is 1. The first-order valence-corrected chi connectivity index (χ1v) is 8.56. The molecule has 3 rings (SSSR count). The minimum absolute atomic E-state index is 0.0610. The Morgan fingerprint density at radius 2 is 2.00 bits per heavy atom. The third-order valence-corrected chi connectivity index (χ3v) is 4.84. The van der Waals surface area contributed by atoms with Crippen LogP contribution in [0.25, 0.3) is 5.69 Å². The standard InChI is InChI=1S/C18H20ClN3O3/c1-12-16(11-20-22(12)15-5-3-4-14(19)10-15)17(23)21-8-6-13(7-9-21)18(24)25-2/h3-5,10-11,13H,6-9H2,1-2H3. The second-order valence-corrected chi connectivity index (χ2v) is 6.56. The molecule has 0 spiro atoms. The maximum Gasteiger partial charge on any atom is 0.308 e. The van der Waals surface area contributed by atoms with E-state index in [9.17, 15) is 9.59 Å². The number of carbonyl (C=O) groups excluding carboxylic acids is 2. The number of aromatic nitrogens is 2. The fraction of sp³-hybridized carbons (Fsp3) is 0.389. The zero-order chi connectivity index (χ0) is 18.0. The highest BCUT2D eigenvalue weighted by atomic mass is 35.5. The molecule has 0 radical (unpaired) electrons. The Morgan fingerprint density at radius 1 is 1.28 bits per heavy atom. The summed E-state index contributed by atoms with van der Waals surface area (Å²) in [7, 11) is 1.40. The summed E-state index contributed by atoms with van der Waals surface area (Å²) in [6, 6.07) is 7.33. The second-order valence-electron chi connectivity index (χ2n) is 6.12. The minimum atomic E-state index is -0.197. The van der Waals surface area contributed by atoms with Crippen LogP contribution in [0.5, 0.6) is 0 Å². The summed E-state index contributed by atoms with van der Waals surface area (Å²) in [4.78, 5) is 26.2. The Kier molecular flexibility index (Phi) is 5.08. The third kappa shape index (κ3) is 3.54. The van der Waals surface area contributed by atoms with Crippen LogP contribution in [0, 0.1) is 12.8 Å². The number of benzene rings is 1. The van der Waals surface area contributed by atoms with Crippen LogP contribution in [0.3, 0.4) is 0 Å². The number of hydrogen-bond acceptors (Lipinski definition) is 4. The van der Waals surface area contributed by atoms with E-state index in [0.29, 0.717) is 36.5 Å². The summed E-state index contributed by atoms with van der Waals surface area (Å²) in [6.07, 6.45) is 2.84. The molecular weight excluding hydrogens is 342 g/mol. The normalized spacial score (nSPS) is 15.2. The van der Waals surface area contributed by atoms with Crippen molar-refractivity contribution in [3.8, 4) is 5.69 Å². The Bertz CT molecular complexity index is 795. The molecule has 0 unspecified atom stereocenters. The van der Waals surface area contributed by atoms with Crippen molar-refractivity contribution in [2.75, 3.05) is 20.2 Å². The molecule has 2 heterocycles. The lowest BCUT2D eigenvalue weighted by molar-refractivity contribution is -0.146. The van der Waals surface area contributed by atoms with Crippen LogP contribution in [-0.2, 0) is 9.53 Å². The van der Waals surface area contributed by atoms with Gasteiger partial charge in [-0.25, -0.2) is 4.68 Å². The topological polar surface area (TPSA) is 64.4 Å². The van der Waals surface area contributed by atoms with E-state index in [4.69, 9.17) is 16.3 Å². The van der Waals surface area contributed by atoms with Gasteiger partial charge in [-0.2, -0.15) is 5.10 Å². The SMILES string of the molecule is COC(=O)C1CCN(C(=O)c2cnn(-c3cccc(Cl)c3)c2C)CC1. The fourth-order valence-electron chi connectivity index (χ4n) is 3.14. The number of piperidine rings is 1. The van der Waals surface area contributed by atoms with Gasteiger partial charge in [-0.3, -0.25) is 9.59 Å². The fourth-order valence-corrected chi connectivity index (χ4v) is 3.33. The zero-order valence-electron chi connectivity index (χ0n) is 14.2. The predicted molar refractivity (Wildman–Crippen MR) is 94.0 cm³/mol. The molecule has 25 heavy (non-hydrogen) atoms. The maximum atomic E-state index is 12.8. The van der Waals surface area contributed by atoms with Gasteiger partial charge in [0.2, 0.25) is 0 Å². The van der Waals surface area contributed by atoms with Gasteiger partial charge in [0.05, 0.1) is 36.2 Å². The molecule has 1 saturated heterocycles. The van der Waals surface area contributed by atoms with Crippen LogP contribution in [0.4, 0.5) is 0 Å². The van der Waals surface area contributed by atoms with E-state index in [1.54, 1.807) is 27.9 Å². The third-order valence-electron chi connectivity index (χ3n) is 4.61. The summed E-state index contributed by atoms with van der Waals surface area (Å²) in [5, 5.41) is 4.95. The predicted octanol–water partition coefficient (Wildman–Crippen LogP) is 2.86. The van der Waals surface area contributed by atoms with Crippen LogP contribution in [0.2, 0.25) is 5.02 Å². The number of halogens is 1. The highest BCUT2D eigenvalue weighted by Gasteiger charge is 2.29. The molecular formula is C18H20ClN3O3. The first-order valence-electron chi connectivity index (χ1n) is 8.19. The first-order chi connectivity index (χ1) is 12.0. The van der Waals surface area contributed by atoms with E-state index in [-0.39, 0.29) is 17.8 Å². The Labute approximate surface area is 151 Å². The number of rotatable bonds is 3. The molecule has 1 aromatic carbocycles. The van der Waals surface area contributed by atoms with E-state index < -0.39 is 0 Å². The highest BCUT2D eigenvalue weighted by Crippen LogP contribution is 2.23. The molecule has 1 fully saturated rings. The number of methoxy groups -OCH3 is 1. The molecule has 0 aliphatic carbocycles. The summed E-state index contributed by atoms with van der Waals surface area (Å²) in [5.74, 6) is -0.379. The molecule has 0 atom stereocenters. The van der Waals surface area contributed by atoms with Gasteiger partial charge in [-0.15, -0.1) is 0 Å². The van der Waals surface area contributed by atoms with Crippen molar-refractivity contribution in [2.24, 2.45) is 5.92 Å². The lowest BCUT2D eigenvalue weighted by Gasteiger charge is -2.30. The first kappa shape index (κ1) is 17.5. The van der Waals surface area contributed by atoms with Gasteiger partial charge in [-0.1, -0.05) is 17.7 Å². The van der Waals surface area contributed by atoms with Crippen molar-refractivity contribution in [3.63, 3.8) is 0 Å². The monoisotopic (exact) mass is 361 g/mol. The molecule has 1 aliphatic heterocycles. The minimum Gasteiger partial charge on any atom is -0.469 e. The van der Waals surface area contributed by atoms with Gasteiger partial charge < -0.3 is 9.64 Å². The Hall–Kier alpha value is -2.34. The van der Waals surface area contributed by atoms with Crippen molar-refractivity contribution in [2.45, 2.75) is 19.8 Å². The summed E-state index contributed by atoms with van der Waals surface area (Å²) in [5.41, 5.74) is 2.15. The molecule has 1 amide bonds. The number of likely N-dealkylation sites (tertiary alicyclic amines) is 1. The zero-order valence-corrected chi connectivity index (χ0v) is 15.0. The quantitative estimate of drug-likeness (QED) is 0.788. The van der Waals surface area contributed by atoms with Crippen LogP contribution in [-0.4, -0.2) is 46.8 Å². The van der Waals surface area contributed by atoms with Crippen molar-refractivity contribution in [1.29, 1.82) is 0 Å². The van der Waals surface area contributed by atoms with Gasteiger partial charge in [-0.05, 0) is 38.0 Å². The molecule has 1 aliphatic rings. The number of carbonyl (C=O) groups is 2. The van der Waals surface area contributed by atoms with Crippen LogP contribution in [0.1, 0.15) is 28.9 Å². The van der Waals surface area contributed by atoms with E-state index in [2.05, 4.69) is 5.10 Å². The van der Waals surface area contributed by atoms with E-state index in [1.807, 2.05) is 19.1 Å². The second kappa shape index (κ2) is 7.27. The van der Waals surface area contributed by atoms with E-state index in [0.717, 1.165) is 11.4 Å². The van der Waals surface area contributed by atoms with Crippen molar-refractivity contribution >= 4 is 23.5 Å². The Balaban J connectivity index is 1.75. The molecule has 132 valence electrons. The van der Waals surface area contributed by atoms with E-state index >= 15 is 0 Å². The summed E-state index contributed by atoms with van der Waals surface area (Å²) in [6.45, 7) is 2.95. The number of hydrogen-bond donors (Lipinski definition) is 0. The summed E-state index contributed by atoms with van der Waals surface area (Å²) < 4.78 is 6.49. The Morgan fingerprint density at radius 3 is 2.64 bits per heavy atom. The number of ether oxygens (including phenoxy) is 1. The smallest absolute Gasteiger partial charge is 0.308 e.